The Hall–Kier alpha value is -2.73. The van der Waals surface area contributed by atoms with E-state index in [9.17, 15) is 9.59 Å². The SMILES string of the molecule is COc1cccc(NC(=O)CCl)c1NC(=O)OCc1ccccc1. The van der Waals surface area contributed by atoms with Gasteiger partial charge in [0, 0.05) is 0 Å². The van der Waals surface area contributed by atoms with Crippen molar-refractivity contribution in [3.05, 3.63) is 54.1 Å². The van der Waals surface area contributed by atoms with Crippen LogP contribution in [0.25, 0.3) is 0 Å². The molecule has 2 aromatic rings. The van der Waals surface area contributed by atoms with Gasteiger partial charge in [0.2, 0.25) is 5.91 Å². The van der Waals surface area contributed by atoms with Crippen molar-refractivity contribution in [3.63, 3.8) is 0 Å². The Labute approximate surface area is 144 Å². The maximum absolute atomic E-state index is 12.0. The summed E-state index contributed by atoms with van der Waals surface area (Å²) in [6, 6.07) is 14.3. The van der Waals surface area contributed by atoms with Gasteiger partial charge in [0.15, 0.2) is 0 Å². The van der Waals surface area contributed by atoms with Gasteiger partial charge in [0.1, 0.15) is 23.9 Å². The molecule has 0 radical (unpaired) electrons. The van der Waals surface area contributed by atoms with Crippen LogP contribution in [0.1, 0.15) is 5.56 Å². The first-order valence-corrected chi connectivity index (χ1v) is 7.68. The van der Waals surface area contributed by atoms with Crippen molar-refractivity contribution >= 4 is 35.0 Å². The van der Waals surface area contributed by atoms with Crippen molar-refractivity contribution < 1.29 is 19.1 Å². The fourth-order valence-corrected chi connectivity index (χ4v) is 2.05. The van der Waals surface area contributed by atoms with E-state index in [4.69, 9.17) is 21.1 Å². The Bertz CT molecular complexity index is 707. The predicted octanol–water partition coefficient (Wildman–Crippen LogP) is 3.62. The molecule has 2 amide bonds. The Morgan fingerprint density at radius 2 is 1.79 bits per heavy atom. The molecule has 0 heterocycles. The second kappa shape index (κ2) is 8.79. The number of carbonyl (C=O) groups excluding carboxylic acids is 2. The van der Waals surface area contributed by atoms with Crippen LogP contribution in [0.3, 0.4) is 0 Å². The van der Waals surface area contributed by atoms with Gasteiger partial charge in [0.25, 0.3) is 0 Å². The van der Waals surface area contributed by atoms with Crippen molar-refractivity contribution in [2.75, 3.05) is 23.6 Å². The Balaban J connectivity index is 2.09. The van der Waals surface area contributed by atoms with Crippen LogP contribution in [-0.2, 0) is 16.1 Å². The van der Waals surface area contributed by atoms with Crippen molar-refractivity contribution in [3.8, 4) is 5.75 Å². The fourth-order valence-electron chi connectivity index (χ4n) is 1.98. The summed E-state index contributed by atoms with van der Waals surface area (Å²) in [4.78, 5) is 23.5. The van der Waals surface area contributed by atoms with E-state index in [0.29, 0.717) is 17.1 Å². The average molecular weight is 349 g/mol. The number of hydrogen-bond acceptors (Lipinski definition) is 4. The van der Waals surface area contributed by atoms with Crippen LogP contribution < -0.4 is 15.4 Å². The summed E-state index contributed by atoms with van der Waals surface area (Å²) in [5.74, 6) is -0.209. The fraction of sp³-hybridized carbons (Fsp3) is 0.176. The van der Waals surface area contributed by atoms with E-state index in [1.165, 1.54) is 7.11 Å². The number of ether oxygens (including phenoxy) is 2. The molecule has 0 aromatic heterocycles. The normalized spacial score (nSPS) is 9.92. The molecule has 0 bridgehead atoms. The molecule has 24 heavy (non-hydrogen) atoms. The predicted molar refractivity (Wildman–Crippen MR) is 92.6 cm³/mol. The molecule has 0 aliphatic rings. The zero-order valence-corrected chi connectivity index (χ0v) is 13.8. The zero-order chi connectivity index (χ0) is 17.4. The number of halogens is 1. The van der Waals surface area contributed by atoms with Crippen LogP contribution in [0.4, 0.5) is 16.2 Å². The number of carbonyl (C=O) groups is 2. The minimum atomic E-state index is -0.662. The monoisotopic (exact) mass is 348 g/mol. The third-order valence-electron chi connectivity index (χ3n) is 3.08. The second-order valence-electron chi connectivity index (χ2n) is 4.75. The average Bonchev–Trinajstić information content (AvgIpc) is 2.62. The Kier molecular flexibility index (Phi) is 6.45. The number of para-hydroxylation sites is 1. The van der Waals surface area contributed by atoms with Gasteiger partial charge in [-0.2, -0.15) is 0 Å². The number of nitrogens with one attached hydrogen (secondary N) is 2. The largest absolute Gasteiger partial charge is 0.494 e. The summed E-state index contributed by atoms with van der Waals surface area (Å²) in [5.41, 5.74) is 1.54. The van der Waals surface area contributed by atoms with Gasteiger partial charge in [0.05, 0.1) is 12.8 Å². The highest BCUT2D eigenvalue weighted by molar-refractivity contribution is 6.29. The Morgan fingerprint density at radius 3 is 2.46 bits per heavy atom. The molecule has 0 fully saturated rings. The molecular formula is C17H17ClN2O4. The van der Waals surface area contributed by atoms with E-state index in [1.54, 1.807) is 18.2 Å². The van der Waals surface area contributed by atoms with E-state index in [0.717, 1.165) is 5.56 Å². The van der Waals surface area contributed by atoms with Crippen LogP contribution >= 0.6 is 11.6 Å². The molecule has 2 N–H and O–H groups in total. The van der Waals surface area contributed by atoms with Crippen molar-refractivity contribution in [2.45, 2.75) is 6.61 Å². The number of methoxy groups -OCH3 is 1. The summed E-state index contributed by atoms with van der Waals surface area (Å²) < 4.78 is 10.4. The number of hydrogen-bond donors (Lipinski definition) is 2. The number of benzene rings is 2. The molecule has 0 atom stereocenters. The molecule has 126 valence electrons. The molecule has 2 aromatic carbocycles. The summed E-state index contributed by atoms with van der Waals surface area (Å²) >= 11 is 5.50. The highest BCUT2D eigenvalue weighted by Gasteiger charge is 2.15. The highest BCUT2D eigenvalue weighted by Crippen LogP contribution is 2.32. The molecule has 0 spiro atoms. The first-order chi connectivity index (χ1) is 11.6. The van der Waals surface area contributed by atoms with E-state index in [-0.39, 0.29) is 12.5 Å². The van der Waals surface area contributed by atoms with E-state index < -0.39 is 12.0 Å². The maximum atomic E-state index is 12.0. The van der Waals surface area contributed by atoms with Crippen LogP contribution in [0.2, 0.25) is 0 Å². The lowest BCUT2D eigenvalue weighted by Crippen LogP contribution is -2.18. The Morgan fingerprint density at radius 1 is 1.04 bits per heavy atom. The molecule has 6 nitrogen and oxygen atoms in total. The molecule has 7 heteroatoms. The van der Waals surface area contributed by atoms with Crippen LogP contribution in [0, 0.1) is 0 Å². The lowest BCUT2D eigenvalue weighted by Gasteiger charge is -2.15. The number of anilines is 2. The van der Waals surface area contributed by atoms with Gasteiger partial charge in [-0.15, -0.1) is 11.6 Å². The summed E-state index contributed by atoms with van der Waals surface area (Å²) in [5, 5.41) is 5.18. The summed E-state index contributed by atoms with van der Waals surface area (Å²) in [6.07, 6.45) is -0.662. The molecule has 0 saturated heterocycles. The van der Waals surface area contributed by atoms with Gasteiger partial charge in [-0.1, -0.05) is 36.4 Å². The smallest absolute Gasteiger partial charge is 0.412 e. The molecule has 0 aliphatic carbocycles. The van der Waals surface area contributed by atoms with Crippen LogP contribution in [0.15, 0.2) is 48.5 Å². The number of rotatable bonds is 6. The lowest BCUT2D eigenvalue weighted by atomic mass is 10.2. The third-order valence-corrected chi connectivity index (χ3v) is 3.32. The molecule has 0 aliphatic heterocycles. The van der Waals surface area contributed by atoms with Gasteiger partial charge >= 0.3 is 6.09 Å². The van der Waals surface area contributed by atoms with E-state index >= 15 is 0 Å². The minimum absolute atomic E-state index is 0.130. The summed E-state index contributed by atoms with van der Waals surface area (Å²) in [6.45, 7) is 0.130. The van der Waals surface area contributed by atoms with Crippen LogP contribution in [0.5, 0.6) is 5.75 Å². The van der Waals surface area contributed by atoms with E-state index in [2.05, 4.69) is 10.6 Å². The standard InChI is InChI=1S/C17H17ClN2O4/c1-23-14-9-5-8-13(19-15(21)10-18)16(14)20-17(22)24-11-12-6-3-2-4-7-12/h2-9H,10-11H2,1H3,(H,19,21)(H,20,22). The van der Waals surface area contributed by atoms with Gasteiger partial charge in [-0.05, 0) is 17.7 Å². The highest BCUT2D eigenvalue weighted by atomic mass is 35.5. The maximum Gasteiger partial charge on any atom is 0.412 e. The first-order valence-electron chi connectivity index (χ1n) is 7.14. The van der Waals surface area contributed by atoms with Gasteiger partial charge < -0.3 is 14.8 Å². The molecular weight excluding hydrogens is 332 g/mol. The van der Waals surface area contributed by atoms with Gasteiger partial charge in [-0.3, -0.25) is 10.1 Å². The summed E-state index contributed by atoms with van der Waals surface area (Å²) in [7, 11) is 1.46. The van der Waals surface area contributed by atoms with E-state index in [1.807, 2.05) is 30.3 Å². The minimum Gasteiger partial charge on any atom is -0.494 e. The number of alkyl halides is 1. The molecule has 0 saturated carbocycles. The zero-order valence-electron chi connectivity index (χ0n) is 13.0. The van der Waals surface area contributed by atoms with Crippen molar-refractivity contribution in [1.82, 2.24) is 0 Å². The van der Waals surface area contributed by atoms with Crippen LogP contribution in [-0.4, -0.2) is 25.0 Å². The quantitative estimate of drug-likeness (QED) is 0.782. The molecule has 2 rings (SSSR count). The lowest BCUT2D eigenvalue weighted by molar-refractivity contribution is -0.113. The third kappa shape index (κ3) is 4.89. The van der Waals surface area contributed by atoms with Crippen molar-refractivity contribution in [1.29, 1.82) is 0 Å². The first kappa shape index (κ1) is 17.6. The topological polar surface area (TPSA) is 76.7 Å². The number of amides is 2. The van der Waals surface area contributed by atoms with Crippen molar-refractivity contribution in [2.24, 2.45) is 0 Å². The molecule has 0 unspecified atom stereocenters. The van der Waals surface area contributed by atoms with Gasteiger partial charge in [-0.25, -0.2) is 4.79 Å². The second-order valence-corrected chi connectivity index (χ2v) is 5.02.